The second-order valence-corrected chi connectivity index (χ2v) is 15.1. The van der Waals surface area contributed by atoms with Crippen LogP contribution in [0.2, 0.25) is 0 Å². The third kappa shape index (κ3) is 6.59. The Morgan fingerprint density at radius 1 is 1.02 bits per heavy atom. The van der Waals surface area contributed by atoms with Crippen LogP contribution >= 0.6 is 46.2 Å². The number of ether oxygens (including phenoxy) is 1. The van der Waals surface area contributed by atoms with Gasteiger partial charge in [0.05, 0.1) is 21.6 Å². The molecule has 5 heterocycles. The summed E-state index contributed by atoms with van der Waals surface area (Å²) in [6.07, 6.45) is 2.76. The molecule has 12 heteroatoms. The Morgan fingerprint density at radius 3 is 2.47 bits per heavy atom. The molecule has 8 nitrogen and oxygen atoms in total. The highest BCUT2D eigenvalue weighted by Gasteiger charge is 2.54. The van der Waals surface area contributed by atoms with Gasteiger partial charge in [0.15, 0.2) is 11.7 Å². The van der Waals surface area contributed by atoms with Crippen LogP contribution in [0, 0.1) is 0 Å². The summed E-state index contributed by atoms with van der Waals surface area (Å²) in [5.74, 6) is -0.847. The number of allylic oxidation sites excluding steroid dienone is 1. The van der Waals surface area contributed by atoms with Crippen LogP contribution in [0.5, 0.6) is 0 Å². The Bertz CT molecular complexity index is 2010. The number of furan rings is 1. The lowest BCUT2D eigenvalue weighted by Crippen LogP contribution is -2.70. The molecule has 2 aromatic carbocycles. The third-order valence-electron chi connectivity index (χ3n) is 7.62. The Balaban J connectivity index is 1.18. The highest BCUT2D eigenvalue weighted by Crippen LogP contribution is 2.42. The van der Waals surface area contributed by atoms with Crippen LogP contribution < -0.4 is 10.7 Å². The van der Waals surface area contributed by atoms with Crippen LogP contribution in [0.1, 0.15) is 22.1 Å². The molecule has 7 rings (SSSR count). The van der Waals surface area contributed by atoms with Crippen LogP contribution in [0.3, 0.4) is 0 Å². The molecular formula is C35H26N2O6S4. The lowest BCUT2D eigenvalue weighted by Gasteiger charge is -2.49. The van der Waals surface area contributed by atoms with Gasteiger partial charge in [-0.15, -0.1) is 34.4 Å². The summed E-state index contributed by atoms with van der Waals surface area (Å²) in [5.41, 5.74) is 2.46. The fraction of sp³-hybridized carbons (Fsp3) is 0.143. The van der Waals surface area contributed by atoms with Crippen LogP contribution in [0.25, 0.3) is 10.3 Å². The molecule has 0 bridgehead atoms. The van der Waals surface area contributed by atoms with Crippen LogP contribution in [0.15, 0.2) is 133 Å². The molecule has 1 fully saturated rings. The zero-order valence-electron chi connectivity index (χ0n) is 24.6. The van der Waals surface area contributed by atoms with Gasteiger partial charge in [-0.25, -0.2) is 4.79 Å². The number of esters is 1. The summed E-state index contributed by atoms with van der Waals surface area (Å²) in [5, 5.41) is 6.13. The van der Waals surface area contributed by atoms with Crippen molar-refractivity contribution in [2.24, 2.45) is 0 Å². The van der Waals surface area contributed by atoms with E-state index in [9.17, 15) is 19.2 Å². The molecule has 1 N–H and O–H groups in total. The van der Waals surface area contributed by atoms with Gasteiger partial charge < -0.3 is 14.5 Å². The number of carbonyl (C=O) groups excluding carboxylic acids is 3. The number of nitrogens with one attached hydrogen (secondary N) is 1. The average molecular weight is 699 g/mol. The fourth-order valence-electron chi connectivity index (χ4n) is 5.41. The molecule has 3 aromatic heterocycles. The molecule has 0 saturated carbocycles. The maximum atomic E-state index is 14.2. The number of hydrogen-bond acceptors (Lipinski definition) is 10. The molecule has 1 unspecified atom stereocenters. The van der Waals surface area contributed by atoms with Crippen molar-refractivity contribution in [3.8, 4) is 0 Å². The van der Waals surface area contributed by atoms with Gasteiger partial charge in [0.2, 0.25) is 11.3 Å². The van der Waals surface area contributed by atoms with E-state index in [4.69, 9.17) is 9.15 Å². The summed E-state index contributed by atoms with van der Waals surface area (Å²) in [6.45, 7) is 0. The number of rotatable bonds is 10. The number of nitrogens with zero attached hydrogens (tertiary/aromatic N) is 1. The molecule has 0 aliphatic carbocycles. The fourth-order valence-corrected chi connectivity index (χ4v) is 9.35. The number of β-lactam (4-membered cyclic amide) rings is 1. The Labute approximate surface area is 286 Å². The van der Waals surface area contributed by atoms with Crippen molar-refractivity contribution < 1.29 is 23.5 Å². The molecule has 2 amide bonds. The standard InChI is InChI=1S/C35H26N2O6S4/c38-25-19-28(47-26-13-15-42-32(25)26)45-17-14-23-20-46-34-29(36-27(39)18-24-12-7-16-44-24)33(40)37(34)30(23)35(41)43-31(21-8-3-1-4-9-21)22-10-5-2-6-11-22/h1-17,19,29,31,34H,18,20H2,(H,36,39)/t29?,34-/m1/s1. The second-order valence-electron chi connectivity index (χ2n) is 10.7. The molecule has 1 saturated heterocycles. The first-order valence-corrected chi connectivity index (χ1v) is 18.2. The van der Waals surface area contributed by atoms with E-state index >= 15 is 0 Å². The highest BCUT2D eigenvalue weighted by molar-refractivity contribution is 8.04. The maximum absolute atomic E-state index is 14.2. The van der Waals surface area contributed by atoms with E-state index in [0.29, 0.717) is 16.9 Å². The van der Waals surface area contributed by atoms with Crippen LogP contribution in [0.4, 0.5) is 0 Å². The zero-order valence-corrected chi connectivity index (χ0v) is 27.8. The minimum absolute atomic E-state index is 0.148. The molecule has 0 radical (unpaired) electrons. The normalized spacial score (nSPS) is 17.6. The molecule has 0 spiro atoms. The van der Waals surface area contributed by atoms with E-state index in [1.54, 1.807) is 17.6 Å². The van der Waals surface area contributed by atoms with Gasteiger partial charge >= 0.3 is 5.97 Å². The quantitative estimate of drug-likeness (QED) is 0.0971. The van der Waals surface area contributed by atoms with E-state index in [0.717, 1.165) is 24.9 Å². The monoisotopic (exact) mass is 698 g/mol. The highest BCUT2D eigenvalue weighted by atomic mass is 32.2. The molecule has 5 aromatic rings. The molecule has 2 atom stereocenters. The summed E-state index contributed by atoms with van der Waals surface area (Å²) in [7, 11) is 0. The SMILES string of the molecule is O=C(Cc1cccs1)NC1C(=O)N2C(C(=O)OC(c3ccccc3)c3ccccc3)=C(C=CSc3cc(=O)c4occc4s3)CS[C@H]12. The van der Waals surface area contributed by atoms with Crippen LogP contribution in [-0.4, -0.2) is 39.9 Å². The van der Waals surface area contributed by atoms with Crippen molar-refractivity contribution in [3.05, 3.63) is 146 Å². The van der Waals surface area contributed by atoms with Gasteiger partial charge in [-0.3, -0.25) is 19.3 Å². The second kappa shape index (κ2) is 13.8. The van der Waals surface area contributed by atoms with E-state index in [-0.39, 0.29) is 29.4 Å². The lowest BCUT2D eigenvalue weighted by molar-refractivity contribution is -0.154. The zero-order chi connectivity index (χ0) is 32.3. The number of carbonyl (C=O) groups is 3. The van der Waals surface area contributed by atoms with Crippen molar-refractivity contribution in [1.29, 1.82) is 0 Å². The number of hydrogen-bond donors (Lipinski definition) is 1. The minimum Gasteiger partial charge on any atom is -0.459 e. The van der Waals surface area contributed by atoms with Crippen LogP contribution in [-0.2, 0) is 25.5 Å². The molecular weight excluding hydrogens is 673 g/mol. The van der Waals surface area contributed by atoms with Gasteiger partial charge in [-0.2, -0.15) is 0 Å². The Hall–Kier alpha value is -4.36. The molecule has 2 aliphatic rings. The van der Waals surface area contributed by atoms with E-state index < -0.39 is 23.5 Å². The number of benzene rings is 2. The topological polar surface area (TPSA) is 106 Å². The summed E-state index contributed by atoms with van der Waals surface area (Å²) >= 11 is 5.72. The first kappa shape index (κ1) is 31.3. The molecule has 236 valence electrons. The predicted molar refractivity (Wildman–Crippen MR) is 186 cm³/mol. The first-order valence-electron chi connectivity index (χ1n) is 14.6. The van der Waals surface area contributed by atoms with Crippen molar-refractivity contribution in [2.45, 2.75) is 28.1 Å². The van der Waals surface area contributed by atoms with E-state index in [1.807, 2.05) is 78.2 Å². The van der Waals surface area contributed by atoms with E-state index in [1.165, 1.54) is 63.4 Å². The average Bonchev–Trinajstić information content (AvgIpc) is 3.79. The lowest BCUT2D eigenvalue weighted by atomic mass is 10.0. The minimum atomic E-state index is -0.756. The molecule has 2 aliphatic heterocycles. The Morgan fingerprint density at radius 2 is 1.77 bits per heavy atom. The smallest absolute Gasteiger partial charge is 0.356 e. The largest absolute Gasteiger partial charge is 0.459 e. The summed E-state index contributed by atoms with van der Waals surface area (Å²) in [4.78, 5) is 55.4. The van der Waals surface area contributed by atoms with Gasteiger partial charge in [0.25, 0.3) is 5.91 Å². The summed E-state index contributed by atoms with van der Waals surface area (Å²) in [6, 6.07) is 25.2. The number of thioether (sulfide) groups is 2. The van der Waals surface area contributed by atoms with Crippen molar-refractivity contribution in [2.75, 3.05) is 5.75 Å². The van der Waals surface area contributed by atoms with Gasteiger partial charge in [-0.1, -0.05) is 78.5 Å². The Kier molecular flexibility index (Phi) is 9.16. The predicted octanol–water partition coefficient (Wildman–Crippen LogP) is 6.75. The number of thiophene rings is 1. The van der Waals surface area contributed by atoms with Crippen molar-refractivity contribution in [3.63, 3.8) is 0 Å². The maximum Gasteiger partial charge on any atom is 0.356 e. The van der Waals surface area contributed by atoms with E-state index in [2.05, 4.69) is 5.32 Å². The molecule has 47 heavy (non-hydrogen) atoms. The summed E-state index contributed by atoms with van der Waals surface area (Å²) < 4.78 is 13.0. The van der Waals surface area contributed by atoms with Crippen molar-refractivity contribution in [1.82, 2.24) is 10.2 Å². The first-order chi connectivity index (χ1) is 23.0. The van der Waals surface area contributed by atoms with Gasteiger partial charge in [0, 0.05) is 16.7 Å². The third-order valence-corrected chi connectivity index (χ3v) is 11.8. The van der Waals surface area contributed by atoms with Gasteiger partial charge in [0.1, 0.15) is 17.1 Å². The van der Waals surface area contributed by atoms with Crippen molar-refractivity contribution >= 4 is 74.3 Å². The number of fused-ring (bicyclic) bond motifs is 2. The van der Waals surface area contributed by atoms with Gasteiger partial charge in [-0.05, 0) is 45.7 Å². The number of amides is 2.